The van der Waals surface area contributed by atoms with E-state index in [2.05, 4.69) is 5.32 Å². The number of primary sulfonamides is 1. The van der Waals surface area contributed by atoms with E-state index in [1.165, 1.54) is 25.1 Å². The van der Waals surface area contributed by atoms with Gasteiger partial charge in [-0.1, -0.05) is 26.0 Å². The largest absolute Gasteiger partial charge is 0.392 e. The zero-order valence-electron chi connectivity index (χ0n) is 14.8. The van der Waals surface area contributed by atoms with Crippen LogP contribution < -0.4 is 10.5 Å². The molecule has 2 atom stereocenters. The van der Waals surface area contributed by atoms with Gasteiger partial charge in [0, 0.05) is 18.4 Å². The smallest absolute Gasteiger partial charge is 0.240 e. The minimum Gasteiger partial charge on any atom is -0.392 e. The molecule has 0 saturated carbocycles. The lowest BCUT2D eigenvalue weighted by molar-refractivity contribution is -0.114. The average Bonchev–Trinajstić information content (AvgIpc) is 2.54. The molecule has 1 aromatic carbocycles. The van der Waals surface area contributed by atoms with E-state index in [1.54, 1.807) is 17.8 Å². The van der Waals surface area contributed by atoms with E-state index in [9.17, 15) is 13.2 Å². The molecule has 0 saturated heterocycles. The van der Waals surface area contributed by atoms with Crippen molar-refractivity contribution in [3.63, 3.8) is 0 Å². The summed E-state index contributed by atoms with van der Waals surface area (Å²) in [5, 5.41) is 25.6. The van der Waals surface area contributed by atoms with Crippen molar-refractivity contribution < 1.29 is 23.4 Å². The zero-order valence-corrected chi connectivity index (χ0v) is 16.4. The molecule has 1 aromatic rings. The topological polar surface area (TPSA) is 130 Å². The SMILES string of the molecule is CC(=O)Nc1ccccc1S(N)(=O)=O.CCC(O)CSCC(O)CC. The highest BCUT2D eigenvalue weighted by atomic mass is 32.2. The fraction of sp³-hybridized carbons (Fsp3) is 0.562. The number of carbonyl (C=O) groups is 1. The van der Waals surface area contributed by atoms with Gasteiger partial charge in [-0.05, 0) is 25.0 Å². The van der Waals surface area contributed by atoms with Gasteiger partial charge < -0.3 is 15.5 Å². The second kappa shape index (κ2) is 12.3. The van der Waals surface area contributed by atoms with Crippen molar-refractivity contribution in [2.24, 2.45) is 5.14 Å². The number of nitrogens with two attached hydrogens (primary N) is 1. The summed E-state index contributed by atoms with van der Waals surface area (Å²) < 4.78 is 22.1. The predicted molar refractivity (Wildman–Crippen MR) is 102 cm³/mol. The number of aliphatic hydroxyl groups is 2. The van der Waals surface area contributed by atoms with Crippen LogP contribution in [0, 0.1) is 0 Å². The quantitative estimate of drug-likeness (QED) is 0.531. The molecular formula is C16H28N2O5S2. The summed E-state index contributed by atoms with van der Waals surface area (Å²) in [5.74, 6) is 1.14. The third-order valence-electron chi connectivity index (χ3n) is 3.07. The number of benzene rings is 1. The van der Waals surface area contributed by atoms with Gasteiger partial charge in [-0.15, -0.1) is 0 Å². The van der Waals surface area contributed by atoms with Gasteiger partial charge in [0.25, 0.3) is 0 Å². The molecule has 7 nitrogen and oxygen atoms in total. The van der Waals surface area contributed by atoms with Gasteiger partial charge in [-0.2, -0.15) is 11.8 Å². The van der Waals surface area contributed by atoms with E-state index in [-0.39, 0.29) is 28.7 Å². The van der Waals surface area contributed by atoms with E-state index in [0.717, 1.165) is 24.3 Å². The Hall–Kier alpha value is -1.13. The van der Waals surface area contributed by atoms with Crippen molar-refractivity contribution in [3.05, 3.63) is 24.3 Å². The molecule has 5 N–H and O–H groups in total. The van der Waals surface area contributed by atoms with Gasteiger partial charge in [0.15, 0.2) is 0 Å². The third kappa shape index (κ3) is 11.2. The molecule has 2 unspecified atom stereocenters. The number of hydrogen-bond acceptors (Lipinski definition) is 6. The Labute approximate surface area is 154 Å². The Morgan fingerprint density at radius 3 is 2.04 bits per heavy atom. The van der Waals surface area contributed by atoms with Gasteiger partial charge in [0.2, 0.25) is 15.9 Å². The summed E-state index contributed by atoms with van der Waals surface area (Å²) in [6.45, 7) is 5.21. The fourth-order valence-electron chi connectivity index (χ4n) is 1.58. The van der Waals surface area contributed by atoms with Crippen LogP contribution >= 0.6 is 11.8 Å². The van der Waals surface area contributed by atoms with Crippen molar-refractivity contribution in [2.45, 2.75) is 50.7 Å². The molecule has 0 fully saturated rings. The zero-order chi connectivity index (χ0) is 19.5. The van der Waals surface area contributed by atoms with Gasteiger partial charge in [-0.25, -0.2) is 13.6 Å². The van der Waals surface area contributed by atoms with Crippen LogP contribution in [0.2, 0.25) is 0 Å². The van der Waals surface area contributed by atoms with Gasteiger partial charge in [0.05, 0.1) is 17.9 Å². The first kappa shape index (κ1) is 23.9. The molecule has 1 rings (SSSR count). The molecule has 9 heteroatoms. The van der Waals surface area contributed by atoms with Crippen molar-refractivity contribution in [2.75, 3.05) is 16.8 Å². The number of sulfonamides is 1. The molecular weight excluding hydrogens is 364 g/mol. The lowest BCUT2D eigenvalue weighted by Gasteiger charge is -2.09. The summed E-state index contributed by atoms with van der Waals surface area (Å²) in [4.78, 5) is 10.7. The molecule has 0 aliphatic carbocycles. The molecule has 0 aliphatic heterocycles. The molecule has 0 heterocycles. The van der Waals surface area contributed by atoms with Crippen molar-refractivity contribution >= 4 is 33.4 Å². The maximum atomic E-state index is 11.1. The molecule has 1 amide bonds. The number of hydrogen-bond donors (Lipinski definition) is 4. The van der Waals surface area contributed by atoms with E-state index in [1.807, 2.05) is 13.8 Å². The Morgan fingerprint density at radius 2 is 1.64 bits per heavy atom. The number of thioether (sulfide) groups is 1. The van der Waals surface area contributed by atoms with Crippen LogP contribution in [-0.2, 0) is 14.8 Å². The Morgan fingerprint density at radius 1 is 1.16 bits per heavy atom. The lowest BCUT2D eigenvalue weighted by Crippen LogP contribution is -2.16. The van der Waals surface area contributed by atoms with Crippen molar-refractivity contribution in [3.8, 4) is 0 Å². The Balaban J connectivity index is 0.000000477. The van der Waals surface area contributed by atoms with Crippen LogP contribution in [0.5, 0.6) is 0 Å². The second-order valence-corrected chi connectivity index (χ2v) is 7.99. The number of anilines is 1. The number of amides is 1. The molecule has 0 aliphatic rings. The highest BCUT2D eigenvalue weighted by Gasteiger charge is 2.13. The minimum atomic E-state index is -3.79. The van der Waals surface area contributed by atoms with Crippen LogP contribution in [0.4, 0.5) is 5.69 Å². The lowest BCUT2D eigenvalue weighted by atomic mass is 10.3. The summed E-state index contributed by atoms with van der Waals surface area (Å²) in [5.41, 5.74) is 0.197. The molecule has 0 bridgehead atoms. The summed E-state index contributed by atoms with van der Waals surface area (Å²) in [6, 6.07) is 5.95. The number of nitrogens with one attached hydrogen (secondary N) is 1. The van der Waals surface area contributed by atoms with E-state index in [0.29, 0.717) is 0 Å². The maximum Gasteiger partial charge on any atom is 0.240 e. The minimum absolute atomic E-state index is 0.0878. The van der Waals surface area contributed by atoms with Gasteiger partial charge in [0.1, 0.15) is 4.90 Å². The standard InChI is InChI=1S/C8H10N2O3S.C8H18O2S/c1-6(11)10-7-4-2-3-5-8(7)14(9,12)13;1-3-7(9)5-11-6-8(10)4-2/h2-5H,1H3,(H,10,11)(H2,9,12,13);7-10H,3-6H2,1-2H3. The van der Waals surface area contributed by atoms with Crippen molar-refractivity contribution in [1.82, 2.24) is 0 Å². The first-order chi connectivity index (χ1) is 11.6. The molecule has 0 spiro atoms. The molecule has 25 heavy (non-hydrogen) atoms. The highest BCUT2D eigenvalue weighted by Crippen LogP contribution is 2.18. The van der Waals surface area contributed by atoms with Crippen LogP contribution in [0.3, 0.4) is 0 Å². The normalized spacial score (nSPS) is 13.4. The first-order valence-electron chi connectivity index (χ1n) is 7.95. The molecule has 0 aromatic heterocycles. The monoisotopic (exact) mass is 392 g/mol. The molecule has 144 valence electrons. The first-order valence-corrected chi connectivity index (χ1v) is 10.6. The highest BCUT2D eigenvalue weighted by molar-refractivity contribution is 7.99. The van der Waals surface area contributed by atoms with Gasteiger partial charge >= 0.3 is 0 Å². The predicted octanol–water partition coefficient (Wildman–Crippen LogP) is 1.55. The second-order valence-electron chi connectivity index (χ2n) is 5.38. The van der Waals surface area contributed by atoms with Crippen LogP contribution in [0.15, 0.2) is 29.2 Å². The van der Waals surface area contributed by atoms with Crippen LogP contribution in [0.1, 0.15) is 33.6 Å². The third-order valence-corrected chi connectivity index (χ3v) is 5.28. The Bertz CT molecular complexity index is 613. The number of carbonyl (C=O) groups excluding carboxylic acids is 1. The van der Waals surface area contributed by atoms with E-state index < -0.39 is 10.0 Å². The molecule has 0 radical (unpaired) electrons. The summed E-state index contributed by atoms with van der Waals surface area (Å²) in [6.07, 6.45) is 1.19. The number of aliphatic hydroxyl groups excluding tert-OH is 2. The van der Waals surface area contributed by atoms with E-state index in [4.69, 9.17) is 15.4 Å². The summed E-state index contributed by atoms with van der Waals surface area (Å²) >= 11 is 1.62. The maximum absolute atomic E-state index is 11.1. The van der Waals surface area contributed by atoms with Crippen LogP contribution in [0.25, 0.3) is 0 Å². The van der Waals surface area contributed by atoms with E-state index >= 15 is 0 Å². The number of para-hydroxylation sites is 1. The Kier molecular flexibility index (Phi) is 11.7. The van der Waals surface area contributed by atoms with Crippen molar-refractivity contribution in [1.29, 1.82) is 0 Å². The van der Waals surface area contributed by atoms with Gasteiger partial charge in [-0.3, -0.25) is 4.79 Å². The fourth-order valence-corrected chi connectivity index (χ4v) is 3.43. The number of rotatable bonds is 8. The summed E-state index contributed by atoms with van der Waals surface area (Å²) in [7, 11) is -3.79. The van der Waals surface area contributed by atoms with Crippen LogP contribution in [-0.4, -0.2) is 48.3 Å². The average molecular weight is 393 g/mol.